The molecule has 1 amide bonds. The summed E-state index contributed by atoms with van der Waals surface area (Å²) in [6.07, 6.45) is -3.31. The minimum absolute atomic E-state index is 0.0125. The van der Waals surface area contributed by atoms with Gasteiger partial charge in [0, 0.05) is 17.3 Å². The maximum Gasteiger partial charge on any atom is 0.416 e. The number of nitrogens with one attached hydrogen (secondary N) is 1. The molecule has 0 radical (unpaired) electrons. The van der Waals surface area contributed by atoms with Gasteiger partial charge in [0.05, 0.1) is 37.5 Å². The number of nitrogens with zero attached hydrogens (tertiary/aromatic N) is 5. The smallest absolute Gasteiger partial charge is 0.416 e. The van der Waals surface area contributed by atoms with E-state index in [0.717, 1.165) is 12.1 Å². The Morgan fingerprint density at radius 3 is 2.68 bits per heavy atom. The van der Waals surface area contributed by atoms with Crippen molar-refractivity contribution in [2.45, 2.75) is 32.2 Å². The molecule has 34 heavy (non-hydrogen) atoms. The molecule has 1 aromatic carbocycles. The van der Waals surface area contributed by atoms with Crippen LogP contribution in [0.15, 0.2) is 30.6 Å². The van der Waals surface area contributed by atoms with Crippen molar-refractivity contribution < 1.29 is 22.7 Å². The van der Waals surface area contributed by atoms with Crippen molar-refractivity contribution in [1.82, 2.24) is 24.8 Å². The van der Waals surface area contributed by atoms with Crippen LogP contribution in [-0.4, -0.2) is 37.9 Å². The van der Waals surface area contributed by atoms with Crippen LogP contribution in [0.2, 0.25) is 5.28 Å². The maximum atomic E-state index is 13.2. The minimum atomic E-state index is -4.53. The van der Waals surface area contributed by atoms with Crippen LogP contribution in [0, 0.1) is 0 Å². The van der Waals surface area contributed by atoms with Gasteiger partial charge in [0.1, 0.15) is 17.8 Å². The van der Waals surface area contributed by atoms with Gasteiger partial charge in [-0.1, -0.05) is 0 Å². The Hall–Kier alpha value is -3.67. The van der Waals surface area contributed by atoms with E-state index in [0.29, 0.717) is 22.6 Å². The van der Waals surface area contributed by atoms with Crippen molar-refractivity contribution in [3.63, 3.8) is 0 Å². The number of fused-ring (bicyclic) bond motifs is 1. The van der Waals surface area contributed by atoms with Crippen molar-refractivity contribution in [1.29, 1.82) is 0 Å². The highest BCUT2D eigenvalue weighted by Gasteiger charge is 2.33. The summed E-state index contributed by atoms with van der Waals surface area (Å²) in [5.74, 6) is 0.183. The number of nitrogens with two attached hydrogens (primary N) is 1. The number of ether oxygens (including phenoxy) is 1. The largest absolute Gasteiger partial charge is 0.481 e. The Bertz CT molecular complexity index is 1260. The average Bonchev–Trinajstić information content (AvgIpc) is 3.21. The lowest BCUT2D eigenvalue weighted by molar-refractivity contribution is -0.137. The number of alkyl halides is 3. The number of rotatable bonds is 5. The van der Waals surface area contributed by atoms with Crippen molar-refractivity contribution in [3.05, 3.63) is 64.0 Å². The number of aromatic nitrogens is 4. The van der Waals surface area contributed by atoms with Crippen molar-refractivity contribution in [3.8, 4) is 5.88 Å². The van der Waals surface area contributed by atoms with Gasteiger partial charge in [-0.25, -0.2) is 19.9 Å². The van der Waals surface area contributed by atoms with E-state index in [4.69, 9.17) is 22.1 Å². The molecule has 9 nitrogen and oxygen atoms in total. The standard InChI is InChI=1S/C21H19ClF3N7O2/c1-10(11-3-12(21(23,24)25)5-13(26)4-11)29-18-14-7-32(8-16(14)30-20(22)31-18)19(33)15-6-17(34-2)28-9-27-15/h3-6,9-10H,7-8,26H2,1-2H3,(H,29,30,31)/t10-/m1/s1. The van der Waals surface area contributed by atoms with Crippen LogP contribution in [0.25, 0.3) is 0 Å². The van der Waals surface area contributed by atoms with Gasteiger partial charge >= 0.3 is 6.18 Å². The third-order valence-electron chi connectivity index (χ3n) is 5.27. The maximum absolute atomic E-state index is 13.2. The lowest BCUT2D eigenvalue weighted by atomic mass is 10.0. The topological polar surface area (TPSA) is 119 Å². The third-order valence-corrected chi connectivity index (χ3v) is 5.44. The second-order valence-electron chi connectivity index (χ2n) is 7.63. The number of anilines is 2. The Kier molecular flexibility index (Phi) is 6.17. The average molecular weight is 494 g/mol. The van der Waals surface area contributed by atoms with E-state index in [1.165, 1.54) is 30.5 Å². The van der Waals surface area contributed by atoms with E-state index >= 15 is 0 Å². The number of methoxy groups -OCH3 is 1. The number of hydrogen-bond donors (Lipinski definition) is 2. The zero-order chi connectivity index (χ0) is 24.6. The minimum Gasteiger partial charge on any atom is -0.481 e. The molecule has 3 aromatic rings. The molecule has 0 spiro atoms. The van der Waals surface area contributed by atoms with E-state index in [1.807, 2.05) is 0 Å². The first kappa shape index (κ1) is 23.5. The fourth-order valence-electron chi connectivity index (χ4n) is 3.60. The first-order valence-corrected chi connectivity index (χ1v) is 10.4. The number of halogens is 4. The van der Waals surface area contributed by atoms with Crippen LogP contribution < -0.4 is 15.8 Å². The summed E-state index contributed by atoms with van der Waals surface area (Å²) in [6.45, 7) is 1.97. The highest BCUT2D eigenvalue weighted by atomic mass is 35.5. The molecule has 1 aliphatic heterocycles. The summed E-state index contributed by atoms with van der Waals surface area (Å²) in [7, 11) is 1.43. The highest BCUT2D eigenvalue weighted by molar-refractivity contribution is 6.28. The van der Waals surface area contributed by atoms with Gasteiger partial charge in [0.15, 0.2) is 0 Å². The first-order valence-electron chi connectivity index (χ1n) is 10.00. The second-order valence-corrected chi connectivity index (χ2v) is 7.96. The van der Waals surface area contributed by atoms with Gasteiger partial charge < -0.3 is 20.7 Å². The Morgan fingerprint density at radius 2 is 1.97 bits per heavy atom. The number of benzene rings is 1. The lowest BCUT2D eigenvalue weighted by Crippen LogP contribution is -2.26. The fourth-order valence-corrected chi connectivity index (χ4v) is 3.78. The first-order chi connectivity index (χ1) is 16.0. The van der Waals surface area contributed by atoms with E-state index in [1.54, 1.807) is 6.92 Å². The summed E-state index contributed by atoms with van der Waals surface area (Å²) in [4.78, 5) is 30.7. The van der Waals surface area contributed by atoms with E-state index in [2.05, 4.69) is 25.3 Å². The van der Waals surface area contributed by atoms with E-state index < -0.39 is 17.8 Å². The van der Waals surface area contributed by atoms with E-state index in [9.17, 15) is 18.0 Å². The number of carbonyl (C=O) groups is 1. The van der Waals surface area contributed by atoms with Gasteiger partial charge in [0.2, 0.25) is 11.2 Å². The number of carbonyl (C=O) groups excluding carboxylic acids is 1. The summed E-state index contributed by atoms with van der Waals surface area (Å²) in [5, 5.41) is 3.02. The number of nitrogen functional groups attached to an aromatic ring is 1. The molecule has 3 heterocycles. The second kappa shape index (κ2) is 8.93. The predicted octanol–water partition coefficient (Wildman–Crippen LogP) is 3.86. The molecule has 0 saturated heterocycles. The zero-order valence-electron chi connectivity index (χ0n) is 18.0. The third kappa shape index (κ3) is 4.81. The molecule has 0 saturated carbocycles. The molecule has 0 aliphatic carbocycles. The normalized spacial score (nSPS) is 14.0. The molecule has 0 bridgehead atoms. The molecule has 2 aromatic heterocycles. The van der Waals surface area contributed by atoms with Crippen molar-refractivity contribution in [2.24, 2.45) is 0 Å². The zero-order valence-corrected chi connectivity index (χ0v) is 18.8. The Balaban J connectivity index is 1.59. The summed E-state index contributed by atoms with van der Waals surface area (Å²) < 4.78 is 44.7. The van der Waals surface area contributed by atoms with Crippen LogP contribution in [0.3, 0.4) is 0 Å². The van der Waals surface area contributed by atoms with Crippen LogP contribution in [0.4, 0.5) is 24.7 Å². The van der Waals surface area contributed by atoms with Crippen LogP contribution in [0.1, 0.15) is 45.8 Å². The molecule has 13 heteroatoms. The van der Waals surface area contributed by atoms with Crippen molar-refractivity contribution >= 4 is 29.0 Å². The molecule has 0 unspecified atom stereocenters. The molecule has 1 atom stereocenters. The lowest BCUT2D eigenvalue weighted by Gasteiger charge is -2.19. The van der Waals surface area contributed by atoms with Crippen LogP contribution in [-0.2, 0) is 19.3 Å². The molecule has 4 rings (SSSR count). The Labute approximate surface area is 197 Å². The molecular formula is C21H19ClF3N7O2. The van der Waals surface area contributed by atoms with Gasteiger partial charge in [-0.2, -0.15) is 13.2 Å². The predicted molar refractivity (Wildman–Crippen MR) is 117 cm³/mol. The molecule has 178 valence electrons. The fraction of sp³-hybridized carbons (Fsp3) is 0.286. The number of hydrogen-bond acceptors (Lipinski definition) is 8. The SMILES string of the molecule is COc1cc(C(=O)N2Cc3nc(Cl)nc(N[C@H](C)c4cc(N)cc(C(F)(F)F)c4)c3C2)ncn1. The van der Waals surface area contributed by atoms with Gasteiger partial charge in [0.25, 0.3) is 5.91 Å². The van der Waals surface area contributed by atoms with Gasteiger partial charge in [-0.05, 0) is 42.3 Å². The molecule has 1 aliphatic rings. The summed E-state index contributed by atoms with van der Waals surface area (Å²) in [6, 6.07) is 4.17. The van der Waals surface area contributed by atoms with Crippen LogP contribution >= 0.6 is 11.6 Å². The highest BCUT2D eigenvalue weighted by Crippen LogP contribution is 2.35. The Morgan fingerprint density at radius 1 is 1.21 bits per heavy atom. The van der Waals surface area contributed by atoms with Crippen molar-refractivity contribution in [2.75, 3.05) is 18.2 Å². The molecule has 3 N–H and O–H groups in total. The van der Waals surface area contributed by atoms with Gasteiger partial charge in [-0.3, -0.25) is 4.79 Å². The monoisotopic (exact) mass is 493 g/mol. The summed E-state index contributed by atoms with van der Waals surface area (Å²) >= 11 is 6.08. The summed E-state index contributed by atoms with van der Waals surface area (Å²) in [5.41, 5.74) is 6.41. The van der Waals surface area contributed by atoms with Crippen LogP contribution in [0.5, 0.6) is 5.88 Å². The molecular weight excluding hydrogens is 475 g/mol. The van der Waals surface area contributed by atoms with E-state index in [-0.39, 0.29) is 41.5 Å². The number of amides is 1. The quantitative estimate of drug-likeness (QED) is 0.406. The molecule has 0 fully saturated rings. The van der Waals surface area contributed by atoms with Gasteiger partial charge in [-0.15, -0.1) is 0 Å².